The minimum Gasteiger partial charge on any atom is -0.309 e. The van der Waals surface area contributed by atoms with Crippen LogP contribution in [0.3, 0.4) is 0 Å². The smallest absolute Gasteiger partial charge is 0.253 e. The van der Waals surface area contributed by atoms with Gasteiger partial charge in [-0.05, 0) is 69.0 Å². The van der Waals surface area contributed by atoms with Crippen molar-refractivity contribution in [2.24, 2.45) is 0 Å². The fourth-order valence-corrected chi connectivity index (χ4v) is 8.49. The number of hydrogen-bond acceptors (Lipinski definition) is 7. The van der Waals surface area contributed by atoms with Crippen LogP contribution in [0, 0.1) is 20.8 Å². The number of piperidine rings is 1. The lowest BCUT2D eigenvalue weighted by Gasteiger charge is -2.33. The van der Waals surface area contributed by atoms with Gasteiger partial charge in [-0.3, -0.25) is 4.79 Å². The summed E-state index contributed by atoms with van der Waals surface area (Å²) in [6.07, 6.45) is 1.91. The molecule has 8 nitrogen and oxygen atoms in total. The molecule has 1 unspecified atom stereocenters. The van der Waals surface area contributed by atoms with E-state index in [1.165, 1.54) is 27.3 Å². The molecule has 5 rings (SSSR count). The predicted octanol–water partition coefficient (Wildman–Crippen LogP) is 5.30. The summed E-state index contributed by atoms with van der Waals surface area (Å²) >= 11 is 8.46. The van der Waals surface area contributed by atoms with Gasteiger partial charge in [-0.1, -0.05) is 29.4 Å². The van der Waals surface area contributed by atoms with Crippen LogP contribution in [0.15, 0.2) is 34.5 Å². The number of benzene rings is 1. The number of thiophene rings is 1. The van der Waals surface area contributed by atoms with Crippen molar-refractivity contribution in [3.05, 3.63) is 51.5 Å². The number of aryl methyl sites for hydroxylation is 3. The number of thiazole rings is 1. The molecule has 1 N–H and O–H groups in total. The summed E-state index contributed by atoms with van der Waals surface area (Å²) in [5.74, 6) is 0.0759. The topological polar surface area (TPSA) is 97.2 Å². The van der Waals surface area contributed by atoms with E-state index in [9.17, 15) is 13.2 Å². The number of nitrogens with zero attached hydrogens (tertiary/aromatic N) is 4. The Kier molecular flexibility index (Phi) is 6.47. The van der Waals surface area contributed by atoms with Crippen LogP contribution in [0.5, 0.6) is 0 Å². The van der Waals surface area contributed by atoms with E-state index in [-0.39, 0.29) is 16.7 Å². The molecule has 1 aliphatic rings. The Balaban J connectivity index is 1.45. The molecule has 0 aliphatic carbocycles. The average Bonchev–Trinajstić information content (AvgIpc) is 3.52. The van der Waals surface area contributed by atoms with Gasteiger partial charge in [-0.15, -0.1) is 11.3 Å². The highest BCUT2D eigenvalue weighted by Crippen LogP contribution is 2.33. The van der Waals surface area contributed by atoms with Gasteiger partial charge in [-0.25, -0.2) is 13.4 Å². The zero-order valence-electron chi connectivity index (χ0n) is 19.4. The number of hydrogen-bond donors (Lipinski definition) is 1. The molecule has 1 aliphatic heterocycles. The van der Waals surface area contributed by atoms with Crippen LogP contribution in [-0.4, -0.2) is 46.0 Å². The minimum absolute atomic E-state index is 0.142. The number of anilines is 1. The maximum Gasteiger partial charge on any atom is 0.253 e. The van der Waals surface area contributed by atoms with Crippen molar-refractivity contribution in [1.82, 2.24) is 19.1 Å². The summed E-state index contributed by atoms with van der Waals surface area (Å²) in [5.41, 5.74) is 3.93. The van der Waals surface area contributed by atoms with Crippen LogP contribution >= 0.6 is 34.3 Å². The second-order valence-corrected chi connectivity index (χ2v) is 13.5. The molecule has 3 aromatic heterocycles. The summed E-state index contributed by atoms with van der Waals surface area (Å²) in [7, 11) is -3.84. The van der Waals surface area contributed by atoms with E-state index in [2.05, 4.69) is 23.4 Å². The highest BCUT2D eigenvalue weighted by Gasteiger charge is 2.38. The molecule has 0 radical (unpaired) electrons. The SMILES string of the molecule is Cc1cc(NC(=O)C2CCCCN2S(=O)(=O)c2ccc(Cl)s2)n(-c2nc3cc(C)c(C)cc3s2)n1. The Labute approximate surface area is 216 Å². The second-order valence-electron chi connectivity index (χ2n) is 8.66. The average molecular weight is 550 g/mol. The Morgan fingerprint density at radius 1 is 1.11 bits per heavy atom. The zero-order chi connectivity index (χ0) is 24.9. The Morgan fingerprint density at radius 2 is 1.89 bits per heavy atom. The zero-order valence-corrected chi connectivity index (χ0v) is 22.6. The molecule has 4 heterocycles. The fourth-order valence-electron chi connectivity index (χ4n) is 4.21. The monoisotopic (exact) mass is 549 g/mol. The van der Waals surface area contributed by atoms with Gasteiger partial charge in [0.25, 0.3) is 10.0 Å². The molecule has 35 heavy (non-hydrogen) atoms. The molecule has 4 aromatic rings. The molecule has 1 aromatic carbocycles. The first kappa shape index (κ1) is 24.4. The lowest BCUT2D eigenvalue weighted by molar-refractivity contribution is -0.120. The van der Waals surface area contributed by atoms with Crippen LogP contribution in [0.2, 0.25) is 4.34 Å². The van der Waals surface area contributed by atoms with Crippen molar-refractivity contribution < 1.29 is 13.2 Å². The number of nitrogens with one attached hydrogen (secondary N) is 1. The van der Waals surface area contributed by atoms with Gasteiger partial charge in [0.2, 0.25) is 11.0 Å². The number of sulfonamides is 1. The van der Waals surface area contributed by atoms with E-state index in [0.29, 0.717) is 33.8 Å². The number of carbonyl (C=O) groups excluding carboxylic acids is 1. The quantitative estimate of drug-likeness (QED) is 0.364. The first-order valence-corrected chi connectivity index (χ1v) is 14.6. The van der Waals surface area contributed by atoms with Gasteiger partial charge in [0.05, 0.1) is 20.2 Å². The van der Waals surface area contributed by atoms with Crippen molar-refractivity contribution in [3.63, 3.8) is 0 Å². The first-order chi connectivity index (χ1) is 16.6. The van der Waals surface area contributed by atoms with Crippen LogP contribution in [0.1, 0.15) is 36.1 Å². The number of amides is 1. The third-order valence-corrected chi connectivity index (χ3v) is 10.7. The fraction of sp³-hybridized carbons (Fsp3) is 0.348. The third-order valence-electron chi connectivity index (χ3n) is 6.12. The Bertz CT molecular complexity index is 1500. The molecular formula is C23H24ClN5O3S3. The third kappa shape index (κ3) is 4.63. The van der Waals surface area contributed by atoms with Crippen LogP contribution < -0.4 is 5.32 Å². The van der Waals surface area contributed by atoms with Crippen molar-refractivity contribution in [2.45, 2.75) is 50.3 Å². The minimum atomic E-state index is -3.84. The molecule has 1 saturated heterocycles. The highest BCUT2D eigenvalue weighted by molar-refractivity contribution is 7.91. The first-order valence-electron chi connectivity index (χ1n) is 11.2. The summed E-state index contributed by atoms with van der Waals surface area (Å²) in [4.78, 5) is 18.1. The van der Waals surface area contributed by atoms with Crippen LogP contribution in [0.4, 0.5) is 5.82 Å². The van der Waals surface area contributed by atoms with Crippen molar-refractivity contribution in [2.75, 3.05) is 11.9 Å². The lowest BCUT2D eigenvalue weighted by Crippen LogP contribution is -2.49. The Morgan fingerprint density at radius 3 is 2.63 bits per heavy atom. The predicted molar refractivity (Wildman–Crippen MR) is 140 cm³/mol. The van der Waals surface area contributed by atoms with Crippen molar-refractivity contribution >= 4 is 66.2 Å². The number of aromatic nitrogens is 3. The molecule has 1 amide bonds. The van der Waals surface area contributed by atoms with E-state index in [1.807, 2.05) is 19.9 Å². The molecule has 0 spiro atoms. The standard InChI is InChI=1S/C23H24ClN5O3S3/c1-13-10-16-18(11-14(13)2)33-23(25-16)29-20(12-15(3)27-29)26-22(30)17-6-4-5-9-28(17)35(31,32)21-8-7-19(24)34-21/h7-8,10-12,17H,4-6,9H2,1-3H3,(H,26,30). The van der Waals surface area contributed by atoms with E-state index >= 15 is 0 Å². The Hall–Kier alpha value is -2.31. The van der Waals surface area contributed by atoms with Gasteiger partial charge in [0.1, 0.15) is 16.1 Å². The maximum absolute atomic E-state index is 13.4. The van der Waals surface area contributed by atoms with E-state index in [0.717, 1.165) is 33.5 Å². The van der Waals surface area contributed by atoms with Gasteiger partial charge < -0.3 is 5.32 Å². The summed E-state index contributed by atoms with van der Waals surface area (Å²) in [6.45, 7) is 6.23. The molecule has 1 atom stereocenters. The van der Waals surface area contributed by atoms with Crippen LogP contribution in [0.25, 0.3) is 15.3 Å². The maximum atomic E-state index is 13.4. The number of rotatable bonds is 5. The van der Waals surface area contributed by atoms with Crippen molar-refractivity contribution in [1.29, 1.82) is 0 Å². The van der Waals surface area contributed by atoms with Crippen molar-refractivity contribution in [3.8, 4) is 5.13 Å². The van der Waals surface area contributed by atoms with Crippen LogP contribution in [-0.2, 0) is 14.8 Å². The molecule has 12 heteroatoms. The normalized spacial score (nSPS) is 17.2. The van der Waals surface area contributed by atoms with Gasteiger partial charge >= 0.3 is 0 Å². The number of halogens is 1. The summed E-state index contributed by atoms with van der Waals surface area (Å²) in [5, 5.41) is 8.10. The molecule has 184 valence electrons. The molecule has 0 saturated carbocycles. The van der Waals surface area contributed by atoms with Gasteiger partial charge in [-0.2, -0.15) is 14.1 Å². The highest BCUT2D eigenvalue weighted by atomic mass is 35.5. The second kappa shape index (κ2) is 9.29. The lowest BCUT2D eigenvalue weighted by atomic mass is 10.0. The molecule has 1 fully saturated rings. The van der Waals surface area contributed by atoms with E-state index in [4.69, 9.17) is 16.6 Å². The largest absolute Gasteiger partial charge is 0.309 e. The van der Waals surface area contributed by atoms with Gasteiger partial charge in [0.15, 0.2) is 0 Å². The van der Waals surface area contributed by atoms with Gasteiger partial charge in [0, 0.05) is 12.6 Å². The molecular weight excluding hydrogens is 526 g/mol. The number of carbonyl (C=O) groups is 1. The van der Waals surface area contributed by atoms with E-state index in [1.54, 1.807) is 16.8 Å². The summed E-state index contributed by atoms with van der Waals surface area (Å²) < 4.78 is 31.1. The number of fused-ring (bicyclic) bond motifs is 1. The molecule has 0 bridgehead atoms. The van der Waals surface area contributed by atoms with E-state index < -0.39 is 16.1 Å². The summed E-state index contributed by atoms with van der Waals surface area (Å²) in [6, 6.07) is 8.13.